The van der Waals surface area contributed by atoms with Gasteiger partial charge in [0.15, 0.2) is 5.82 Å². The van der Waals surface area contributed by atoms with Crippen LogP contribution in [0.2, 0.25) is 0 Å². The van der Waals surface area contributed by atoms with Gasteiger partial charge in [0.1, 0.15) is 11.9 Å². The predicted molar refractivity (Wildman–Crippen MR) is 64.4 cm³/mol. The zero-order valence-corrected chi connectivity index (χ0v) is 11.1. The van der Waals surface area contributed by atoms with Crippen LogP contribution in [0, 0.1) is 0 Å². The first-order chi connectivity index (χ1) is 8.22. The van der Waals surface area contributed by atoms with Gasteiger partial charge in [-0.15, -0.1) is 0 Å². The van der Waals surface area contributed by atoms with Gasteiger partial charge in [0.05, 0.1) is 36.6 Å². The van der Waals surface area contributed by atoms with Gasteiger partial charge in [-0.3, -0.25) is 0 Å². The summed E-state index contributed by atoms with van der Waals surface area (Å²) in [6, 6.07) is 0. The summed E-state index contributed by atoms with van der Waals surface area (Å²) in [7, 11) is 1.60. The van der Waals surface area contributed by atoms with Gasteiger partial charge in [-0.05, 0) is 15.9 Å². The number of halogens is 1. The van der Waals surface area contributed by atoms with Gasteiger partial charge >= 0.3 is 0 Å². The molecule has 7 heteroatoms. The van der Waals surface area contributed by atoms with Crippen LogP contribution in [0.4, 0.5) is 5.82 Å². The normalized spacial score (nSPS) is 20.5. The lowest BCUT2D eigenvalue weighted by molar-refractivity contribution is -0.0936. The molecule has 1 aromatic heterocycles. The molecule has 2 rings (SSSR count). The Morgan fingerprint density at radius 1 is 1.47 bits per heavy atom. The van der Waals surface area contributed by atoms with Crippen LogP contribution in [0.3, 0.4) is 0 Å². The van der Waals surface area contributed by atoms with Crippen LogP contribution in [0.1, 0.15) is 17.6 Å². The lowest BCUT2D eigenvalue weighted by Crippen LogP contribution is -2.24. The third-order valence-electron chi connectivity index (χ3n) is 2.35. The second-order valence-electron chi connectivity index (χ2n) is 3.60. The summed E-state index contributed by atoms with van der Waals surface area (Å²) >= 11 is 3.34. The summed E-state index contributed by atoms with van der Waals surface area (Å²) in [5.41, 5.74) is 6.52. The van der Waals surface area contributed by atoms with Gasteiger partial charge in [0.25, 0.3) is 0 Å². The summed E-state index contributed by atoms with van der Waals surface area (Å²) in [5.74, 6) is 0.925. The average Bonchev–Trinajstić information content (AvgIpc) is 2.36. The van der Waals surface area contributed by atoms with Crippen molar-refractivity contribution in [3.8, 4) is 0 Å². The maximum Gasteiger partial charge on any atom is 0.162 e. The highest BCUT2D eigenvalue weighted by Crippen LogP contribution is 2.25. The van der Waals surface area contributed by atoms with Gasteiger partial charge in [-0.2, -0.15) is 0 Å². The van der Waals surface area contributed by atoms with Gasteiger partial charge < -0.3 is 19.9 Å². The lowest BCUT2D eigenvalue weighted by Gasteiger charge is -2.22. The molecule has 17 heavy (non-hydrogen) atoms. The average molecular weight is 304 g/mol. The maximum absolute atomic E-state index is 5.81. The van der Waals surface area contributed by atoms with Crippen LogP contribution in [0.15, 0.2) is 4.47 Å². The number of nitrogens with two attached hydrogens (primary N) is 1. The van der Waals surface area contributed by atoms with Crippen LogP contribution < -0.4 is 5.73 Å². The van der Waals surface area contributed by atoms with E-state index in [4.69, 9.17) is 19.9 Å². The minimum absolute atomic E-state index is 0.255. The fourth-order valence-electron chi connectivity index (χ4n) is 1.55. The number of ether oxygens (including phenoxy) is 3. The monoisotopic (exact) mass is 303 g/mol. The van der Waals surface area contributed by atoms with Crippen molar-refractivity contribution in [1.29, 1.82) is 0 Å². The summed E-state index contributed by atoms with van der Waals surface area (Å²) in [5, 5.41) is 0. The van der Waals surface area contributed by atoms with Crippen molar-refractivity contribution in [2.75, 3.05) is 32.7 Å². The van der Waals surface area contributed by atoms with Crippen molar-refractivity contribution in [2.45, 2.75) is 12.7 Å². The fraction of sp³-hybridized carbons (Fsp3) is 0.600. The molecule has 1 aromatic rings. The number of nitrogen functional groups attached to an aromatic ring is 1. The molecule has 1 unspecified atom stereocenters. The van der Waals surface area contributed by atoms with E-state index in [9.17, 15) is 0 Å². The molecular weight excluding hydrogens is 290 g/mol. The van der Waals surface area contributed by atoms with Crippen molar-refractivity contribution < 1.29 is 14.2 Å². The minimum atomic E-state index is -0.255. The molecule has 2 N–H and O–H groups in total. The highest BCUT2D eigenvalue weighted by atomic mass is 79.9. The second-order valence-corrected chi connectivity index (χ2v) is 4.39. The summed E-state index contributed by atoms with van der Waals surface area (Å²) < 4.78 is 16.6. The van der Waals surface area contributed by atoms with E-state index in [1.807, 2.05) is 0 Å². The van der Waals surface area contributed by atoms with Crippen LogP contribution in [-0.2, 0) is 20.8 Å². The maximum atomic E-state index is 5.81. The molecule has 0 amide bonds. The smallest absolute Gasteiger partial charge is 0.162 e. The van der Waals surface area contributed by atoms with Crippen molar-refractivity contribution >= 4 is 21.7 Å². The molecule has 0 radical (unpaired) electrons. The van der Waals surface area contributed by atoms with E-state index >= 15 is 0 Å². The van der Waals surface area contributed by atoms with Crippen LogP contribution in [0.25, 0.3) is 0 Å². The Hall–Kier alpha value is -0.760. The molecule has 6 nitrogen and oxygen atoms in total. The van der Waals surface area contributed by atoms with Crippen LogP contribution >= 0.6 is 15.9 Å². The SMILES string of the molecule is COCc1nc(C2COCCO2)nc(N)c1Br. The lowest BCUT2D eigenvalue weighted by atomic mass is 10.3. The molecule has 1 saturated heterocycles. The molecule has 0 spiro atoms. The summed E-state index contributed by atoms with van der Waals surface area (Å²) in [6.07, 6.45) is -0.255. The van der Waals surface area contributed by atoms with Crippen LogP contribution in [0.5, 0.6) is 0 Å². The molecule has 1 fully saturated rings. The van der Waals surface area contributed by atoms with E-state index in [-0.39, 0.29) is 6.10 Å². The van der Waals surface area contributed by atoms with Crippen molar-refractivity contribution in [3.05, 3.63) is 16.0 Å². The number of anilines is 1. The van der Waals surface area contributed by atoms with Crippen molar-refractivity contribution in [1.82, 2.24) is 9.97 Å². The topological polar surface area (TPSA) is 79.5 Å². The number of hydrogen-bond acceptors (Lipinski definition) is 6. The van der Waals surface area contributed by atoms with Crippen molar-refractivity contribution in [2.24, 2.45) is 0 Å². The second kappa shape index (κ2) is 5.72. The zero-order valence-electron chi connectivity index (χ0n) is 9.48. The first-order valence-corrected chi connectivity index (χ1v) is 6.01. The number of aromatic nitrogens is 2. The summed E-state index contributed by atoms with van der Waals surface area (Å²) in [6.45, 7) is 1.97. The van der Waals surface area contributed by atoms with E-state index in [2.05, 4.69) is 25.9 Å². The molecule has 1 atom stereocenters. The Kier molecular flexibility index (Phi) is 4.27. The minimum Gasteiger partial charge on any atom is -0.383 e. The van der Waals surface area contributed by atoms with E-state index in [0.29, 0.717) is 48.2 Å². The molecule has 1 aliphatic rings. The highest BCUT2D eigenvalue weighted by Gasteiger charge is 2.22. The fourth-order valence-corrected chi connectivity index (χ4v) is 1.84. The van der Waals surface area contributed by atoms with Gasteiger partial charge in [0.2, 0.25) is 0 Å². The molecular formula is C10H14BrN3O3. The number of hydrogen-bond donors (Lipinski definition) is 1. The number of methoxy groups -OCH3 is 1. The molecule has 0 aliphatic carbocycles. The van der Waals surface area contributed by atoms with Gasteiger partial charge in [0, 0.05) is 7.11 Å². The third-order valence-corrected chi connectivity index (χ3v) is 3.21. The van der Waals surface area contributed by atoms with E-state index in [1.54, 1.807) is 7.11 Å². The Morgan fingerprint density at radius 2 is 2.29 bits per heavy atom. The Morgan fingerprint density at radius 3 is 2.94 bits per heavy atom. The zero-order chi connectivity index (χ0) is 12.3. The van der Waals surface area contributed by atoms with E-state index in [0.717, 1.165) is 0 Å². The molecule has 0 aromatic carbocycles. The Labute approximate surface area is 108 Å². The Balaban J connectivity index is 2.27. The quantitative estimate of drug-likeness (QED) is 0.899. The number of nitrogens with zero attached hydrogens (tertiary/aromatic N) is 2. The molecule has 0 bridgehead atoms. The number of rotatable bonds is 3. The predicted octanol–water partition coefficient (Wildman–Crippen LogP) is 1.06. The van der Waals surface area contributed by atoms with E-state index in [1.165, 1.54) is 0 Å². The largest absolute Gasteiger partial charge is 0.383 e. The standard InChI is InChI=1S/C10H14BrN3O3/c1-15-4-6-8(11)9(12)14-10(13-6)7-5-16-2-3-17-7/h7H,2-5H2,1H3,(H2,12,13,14). The Bertz CT molecular complexity index is 397. The molecule has 2 heterocycles. The first-order valence-electron chi connectivity index (χ1n) is 5.22. The van der Waals surface area contributed by atoms with Gasteiger partial charge in [-0.1, -0.05) is 0 Å². The summed E-state index contributed by atoms with van der Waals surface area (Å²) in [4.78, 5) is 8.58. The van der Waals surface area contributed by atoms with Crippen LogP contribution in [-0.4, -0.2) is 36.9 Å². The molecule has 0 saturated carbocycles. The molecule has 1 aliphatic heterocycles. The van der Waals surface area contributed by atoms with E-state index < -0.39 is 0 Å². The molecule has 94 valence electrons. The third kappa shape index (κ3) is 2.92. The van der Waals surface area contributed by atoms with Crippen molar-refractivity contribution in [3.63, 3.8) is 0 Å². The van der Waals surface area contributed by atoms with Gasteiger partial charge in [-0.25, -0.2) is 9.97 Å². The highest BCUT2D eigenvalue weighted by molar-refractivity contribution is 9.10. The first kappa shape index (κ1) is 12.7.